The summed E-state index contributed by atoms with van der Waals surface area (Å²) >= 11 is 0. The number of hydrogen-bond donors (Lipinski definition) is 1. The van der Waals surface area contributed by atoms with E-state index < -0.39 is 11.5 Å². The lowest BCUT2D eigenvalue weighted by molar-refractivity contribution is -0.126. The van der Waals surface area contributed by atoms with Crippen LogP contribution in [0, 0.1) is 11.7 Å². The number of halogens is 1. The van der Waals surface area contributed by atoms with Crippen LogP contribution in [0.25, 0.3) is 0 Å². The molecule has 0 radical (unpaired) electrons. The first-order chi connectivity index (χ1) is 15.0. The van der Waals surface area contributed by atoms with E-state index in [-0.39, 0.29) is 29.2 Å². The van der Waals surface area contributed by atoms with Crippen LogP contribution in [0.3, 0.4) is 0 Å². The van der Waals surface area contributed by atoms with Crippen molar-refractivity contribution in [3.8, 4) is 5.75 Å². The zero-order chi connectivity index (χ0) is 21.8. The summed E-state index contributed by atoms with van der Waals surface area (Å²) in [6.07, 6.45) is 1.44. The average molecular weight is 420 g/mol. The largest absolute Gasteiger partial charge is 0.497 e. The van der Waals surface area contributed by atoms with E-state index in [9.17, 15) is 14.0 Å². The van der Waals surface area contributed by atoms with Gasteiger partial charge in [0, 0.05) is 23.7 Å². The highest BCUT2D eigenvalue weighted by atomic mass is 19.1. The summed E-state index contributed by atoms with van der Waals surface area (Å²) in [5, 5.41) is 2.94. The first kappa shape index (κ1) is 19.5. The Hall–Kier alpha value is -3.45. The SMILES string of the molecule is COc1ccc2c(c1)[C@]1(C(=O)N2)[C@@H](C(=O)c2ccco2)[C@@H](c2ccc(F)cc2)CN1C. The molecule has 1 amide bonds. The molecule has 0 unspecified atom stereocenters. The summed E-state index contributed by atoms with van der Waals surface area (Å²) in [7, 11) is 3.39. The van der Waals surface area contributed by atoms with E-state index in [0.29, 0.717) is 23.5 Å². The Bertz CT molecular complexity index is 1160. The molecule has 31 heavy (non-hydrogen) atoms. The van der Waals surface area contributed by atoms with Crippen LogP contribution in [0.4, 0.5) is 10.1 Å². The number of furan rings is 1. The number of methoxy groups -OCH3 is 1. The van der Waals surface area contributed by atoms with Gasteiger partial charge in [-0.2, -0.15) is 0 Å². The van der Waals surface area contributed by atoms with Gasteiger partial charge in [-0.15, -0.1) is 0 Å². The molecular weight excluding hydrogens is 399 g/mol. The van der Waals surface area contributed by atoms with E-state index in [4.69, 9.17) is 9.15 Å². The van der Waals surface area contributed by atoms with Crippen molar-refractivity contribution in [2.45, 2.75) is 11.5 Å². The zero-order valence-corrected chi connectivity index (χ0v) is 17.1. The number of ketones is 1. The normalized spacial score (nSPS) is 24.9. The monoisotopic (exact) mass is 420 g/mol. The van der Waals surface area contributed by atoms with Crippen LogP contribution < -0.4 is 10.1 Å². The maximum atomic E-state index is 13.8. The minimum absolute atomic E-state index is 0.191. The van der Waals surface area contributed by atoms with Crippen LogP contribution in [-0.4, -0.2) is 37.3 Å². The number of nitrogens with zero attached hydrogens (tertiary/aromatic N) is 1. The topological polar surface area (TPSA) is 71.8 Å². The number of carbonyl (C=O) groups excluding carboxylic acids is 2. The van der Waals surface area contributed by atoms with Crippen LogP contribution in [-0.2, 0) is 10.3 Å². The number of fused-ring (bicyclic) bond motifs is 2. The quantitative estimate of drug-likeness (QED) is 0.650. The zero-order valence-electron chi connectivity index (χ0n) is 17.1. The van der Waals surface area contributed by atoms with E-state index in [2.05, 4.69) is 5.32 Å². The van der Waals surface area contributed by atoms with Crippen LogP contribution >= 0.6 is 0 Å². The van der Waals surface area contributed by atoms with Gasteiger partial charge in [0.05, 0.1) is 19.3 Å². The van der Waals surface area contributed by atoms with Gasteiger partial charge in [0.25, 0.3) is 0 Å². The molecule has 158 valence electrons. The lowest BCUT2D eigenvalue weighted by Gasteiger charge is -2.35. The van der Waals surface area contributed by atoms with Gasteiger partial charge in [0.1, 0.15) is 17.1 Å². The molecule has 7 heteroatoms. The molecule has 3 heterocycles. The molecule has 2 aromatic carbocycles. The summed E-state index contributed by atoms with van der Waals surface area (Å²) in [5.41, 5.74) is 0.884. The molecule has 1 saturated heterocycles. The Balaban J connectivity index is 1.73. The molecule has 2 aliphatic heterocycles. The van der Waals surface area contributed by atoms with Gasteiger partial charge in [-0.05, 0) is 55.1 Å². The van der Waals surface area contributed by atoms with Gasteiger partial charge in [0.2, 0.25) is 11.7 Å². The number of amides is 1. The third-order valence-electron chi connectivity index (χ3n) is 6.50. The molecule has 3 atom stereocenters. The van der Waals surface area contributed by atoms with Crippen molar-refractivity contribution in [3.05, 3.63) is 83.6 Å². The highest BCUT2D eigenvalue weighted by Gasteiger charge is 2.64. The number of Topliss-reactive ketones (excluding diaryl/α,β-unsaturated/α-hetero) is 1. The number of ether oxygens (including phenoxy) is 1. The van der Waals surface area contributed by atoms with Crippen molar-refractivity contribution in [2.24, 2.45) is 5.92 Å². The second-order valence-corrected chi connectivity index (χ2v) is 7.99. The molecule has 6 nitrogen and oxygen atoms in total. The Kier molecular flexibility index (Phi) is 4.44. The minimum Gasteiger partial charge on any atom is -0.497 e. The summed E-state index contributed by atoms with van der Waals surface area (Å²) in [5.74, 6) is -1.23. The third kappa shape index (κ3) is 2.73. The molecule has 0 bridgehead atoms. The fraction of sp³-hybridized carbons (Fsp3) is 0.250. The molecule has 5 rings (SSSR count). The van der Waals surface area contributed by atoms with E-state index >= 15 is 0 Å². The number of likely N-dealkylation sites (N-methyl/N-ethyl adjacent to an activating group) is 1. The van der Waals surface area contributed by atoms with Crippen LogP contribution in [0.15, 0.2) is 65.3 Å². The van der Waals surface area contributed by atoms with Crippen molar-refractivity contribution in [3.63, 3.8) is 0 Å². The summed E-state index contributed by atoms with van der Waals surface area (Å²) in [6.45, 7) is 0.437. The molecule has 0 aliphatic carbocycles. The second-order valence-electron chi connectivity index (χ2n) is 7.99. The smallest absolute Gasteiger partial charge is 0.250 e. The van der Waals surface area contributed by atoms with Crippen LogP contribution in [0.5, 0.6) is 5.75 Å². The standard InChI is InChI=1S/C24H21FN2O4/c1-27-13-17(14-5-7-15(25)8-6-14)21(22(28)20-4-3-11-31-20)24(27)18-12-16(30-2)9-10-19(18)26-23(24)29/h3-12,17,21H,13H2,1-2H3,(H,26,29)/t17-,21-,24-/m1/s1. The minimum atomic E-state index is -1.24. The number of anilines is 1. The highest BCUT2D eigenvalue weighted by molar-refractivity contribution is 6.11. The molecule has 3 aromatic rings. The van der Waals surface area contributed by atoms with Crippen molar-refractivity contribution >= 4 is 17.4 Å². The summed E-state index contributed by atoms with van der Waals surface area (Å²) < 4.78 is 24.4. The first-order valence-corrected chi connectivity index (χ1v) is 10.0. The predicted molar refractivity (Wildman–Crippen MR) is 112 cm³/mol. The number of nitrogens with one attached hydrogen (secondary N) is 1. The van der Waals surface area contributed by atoms with Crippen molar-refractivity contribution in [1.82, 2.24) is 4.90 Å². The molecule has 1 fully saturated rings. The van der Waals surface area contributed by atoms with Crippen molar-refractivity contribution in [1.29, 1.82) is 0 Å². The first-order valence-electron chi connectivity index (χ1n) is 10.0. The number of likely N-dealkylation sites (tertiary alicyclic amines) is 1. The van der Waals surface area contributed by atoms with Gasteiger partial charge in [-0.3, -0.25) is 14.5 Å². The van der Waals surface area contributed by atoms with Crippen LogP contribution in [0.1, 0.15) is 27.6 Å². The summed E-state index contributed by atoms with van der Waals surface area (Å²) in [4.78, 5) is 29.2. The average Bonchev–Trinajstić information content (AvgIpc) is 3.47. The molecule has 1 spiro atoms. The lowest BCUT2D eigenvalue weighted by Crippen LogP contribution is -2.51. The molecular formula is C24H21FN2O4. The van der Waals surface area contributed by atoms with Crippen LogP contribution in [0.2, 0.25) is 0 Å². The fourth-order valence-corrected chi connectivity index (χ4v) is 5.13. The molecule has 1 N–H and O–H groups in total. The number of rotatable bonds is 4. The fourth-order valence-electron chi connectivity index (χ4n) is 5.13. The maximum absolute atomic E-state index is 13.8. The number of benzene rings is 2. The Morgan fingerprint density at radius 3 is 2.68 bits per heavy atom. The molecule has 0 saturated carbocycles. The van der Waals surface area contributed by atoms with E-state index in [1.165, 1.54) is 18.4 Å². The number of carbonyl (C=O) groups is 2. The van der Waals surface area contributed by atoms with E-state index in [0.717, 1.165) is 5.56 Å². The Morgan fingerprint density at radius 2 is 2.00 bits per heavy atom. The maximum Gasteiger partial charge on any atom is 0.250 e. The molecule has 1 aromatic heterocycles. The van der Waals surface area contributed by atoms with Gasteiger partial charge >= 0.3 is 0 Å². The van der Waals surface area contributed by atoms with E-state index in [1.54, 1.807) is 49.6 Å². The summed E-state index contributed by atoms with van der Waals surface area (Å²) in [6, 6.07) is 14.7. The lowest BCUT2D eigenvalue weighted by atomic mass is 9.71. The Morgan fingerprint density at radius 1 is 1.23 bits per heavy atom. The highest BCUT2D eigenvalue weighted by Crippen LogP contribution is 2.56. The second kappa shape index (κ2) is 7.06. The van der Waals surface area contributed by atoms with Gasteiger partial charge in [0.15, 0.2) is 5.76 Å². The van der Waals surface area contributed by atoms with Gasteiger partial charge in [-0.25, -0.2) is 4.39 Å². The Labute approximate surface area is 178 Å². The van der Waals surface area contributed by atoms with Gasteiger partial charge in [-0.1, -0.05) is 12.1 Å². The van der Waals surface area contributed by atoms with Crippen molar-refractivity contribution in [2.75, 3.05) is 26.0 Å². The third-order valence-corrected chi connectivity index (χ3v) is 6.50. The predicted octanol–water partition coefficient (Wildman–Crippen LogP) is 3.80. The van der Waals surface area contributed by atoms with E-state index in [1.807, 2.05) is 11.9 Å². The van der Waals surface area contributed by atoms with Gasteiger partial charge < -0.3 is 14.5 Å². The number of hydrogen-bond acceptors (Lipinski definition) is 5. The van der Waals surface area contributed by atoms with Crippen molar-refractivity contribution < 1.29 is 23.1 Å². The molecule has 2 aliphatic rings.